The van der Waals surface area contributed by atoms with E-state index in [9.17, 15) is 9.90 Å². The van der Waals surface area contributed by atoms with Gasteiger partial charge in [-0.2, -0.15) is 0 Å². The molecule has 1 atom stereocenters. The standard InChI is InChI=1S/C13H17NO2/c1-2-10-3-5-11(6-4-10)13(16)14-8-7-12(15)9-14/h3-6,12,15H,2,7-9H2,1H3. The fourth-order valence-electron chi connectivity index (χ4n) is 1.99. The van der Waals surface area contributed by atoms with Crippen LogP contribution in [0.25, 0.3) is 0 Å². The average molecular weight is 219 g/mol. The van der Waals surface area contributed by atoms with Crippen LogP contribution in [0.4, 0.5) is 0 Å². The summed E-state index contributed by atoms with van der Waals surface area (Å²) in [6.45, 7) is 3.22. The molecule has 1 heterocycles. The molecule has 1 aliphatic heterocycles. The predicted octanol–water partition coefficient (Wildman–Crippen LogP) is 1.46. The van der Waals surface area contributed by atoms with Gasteiger partial charge in [0.15, 0.2) is 0 Å². The number of carbonyl (C=O) groups is 1. The van der Waals surface area contributed by atoms with Gasteiger partial charge in [0.25, 0.3) is 5.91 Å². The zero-order valence-electron chi connectivity index (χ0n) is 9.52. The van der Waals surface area contributed by atoms with Crippen molar-refractivity contribution in [1.82, 2.24) is 4.90 Å². The van der Waals surface area contributed by atoms with Gasteiger partial charge in [-0.05, 0) is 30.5 Å². The highest BCUT2D eigenvalue weighted by Gasteiger charge is 2.25. The van der Waals surface area contributed by atoms with Crippen molar-refractivity contribution >= 4 is 5.91 Å². The van der Waals surface area contributed by atoms with Gasteiger partial charge in [0.05, 0.1) is 6.10 Å². The number of aliphatic hydroxyl groups excluding tert-OH is 1. The van der Waals surface area contributed by atoms with Crippen LogP contribution in [0, 0.1) is 0 Å². The summed E-state index contributed by atoms with van der Waals surface area (Å²) in [6.07, 6.45) is 1.33. The van der Waals surface area contributed by atoms with E-state index >= 15 is 0 Å². The molecule has 1 amide bonds. The number of likely N-dealkylation sites (tertiary alicyclic amines) is 1. The fraction of sp³-hybridized carbons (Fsp3) is 0.462. The van der Waals surface area contributed by atoms with E-state index in [1.54, 1.807) is 4.90 Å². The molecule has 1 fully saturated rings. The van der Waals surface area contributed by atoms with Crippen LogP contribution in [0.1, 0.15) is 29.3 Å². The normalized spacial score (nSPS) is 20.1. The molecular weight excluding hydrogens is 202 g/mol. The summed E-state index contributed by atoms with van der Waals surface area (Å²) in [7, 11) is 0. The molecule has 0 aromatic heterocycles. The minimum atomic E-state index is -0.348. The predicted molar refractivity (Wildman–Crippen MR) is 62.3 cm³/mol. The number of aryl methyl sites for hydroxylation is 1. The number of aliphatic hydroxyl groups is 1. The molecule has 1 saturated heterocycles. The van der Waals surface area contributed by atoms with Crippen LogP contribution in [0.5, 0.6) is 0 Å². The van der Waals surface area contributed by atoms with Gasteiger partial charge in [-0.15, -0.1) is 0 Å². The Labute approximate surface area is 95.7 Å². The van der Waals surface area contributed by atoms with Crippen molar-refractivity contribution in [1.29, 1.82) is 0 Å². The Morgan fingerprint density at radius 3 is 2.62 bits per heavy atom. The topological polar surface area (TPSA) is 40.5 Å². The van der Waals surface area contributed by atoms with E-state index in [2.05, 4.69) is 6.92 Å². The van der Waals surface area contributed by atoms with Crippen molar-refractivity contribution in [2.24, 2.45) is 0 Å². The molecule has 16 heavy (non-hydrogen) atoms. The highest BCUT2D eigenvalue weighted by Crippen LogP contribution is 2.14. The van der Waals surface area contributed by atoms with E-state index in [1.165, 1.54) is 5.56 Å². The van der Waals surface area contributed by atoms with Gasteiger partial charge in [-0.3, -0.25) is 4.79 Å². The maximum absolute atomic E-state index is 12.0. The van der Waals surface area contributed by atoms with Crippen LogP contribution < -0.4 is 0 Å². The number of rotatable bonds is 2. The molecule has 0 spiro atoms. The summed E-state index contributed by atoms with van der Waals surface area (Å²) in [4.78, 5) is 13.7. The van der Waals surface area contributed by atoms with Crippen molar-refractivity contribution in [3.63, 3.8) is 0 Å². The quantitative estimate of drug-likeness (QED) is 0.818. The van der Waals surface area contributed by atoms with Gasteiger partial charge in [-0.25, -0.2) is 0 Å². The van der Waals surface area contributed by atoms with Crippen LogP contribution in [0.3, 0.4) is 0 Å². The molecular formula is C13H17NO2. The molecule has 0 aliphatic carbocycles. The molecule has 1 aliphatic rings. The third-order valence-corrected chi connectivity index (χ3v) is 3.06. The number of benzene rings is 1. The van der Waals surface area contributed by atoms with Crippen molar-refractivity contribution < 1.29 is 9.90 Å². The first-order chi connectivity index (χ1) is 7.70. The fourth-order valence-corrected chi connectivity index (χ4v) is 1.99. The van der Waals surface area contributed by atoms with Gasteiger partial charge >= 0.3 is 0 Å². The molecule has 2 rings (SSSR count). The number of hydrogen-bond donors (Lipinski definition) is 1. The lowest BCUT2D eigenvalue weighted by Gasteiger charge is -2.15. The van der Waals surface area contributed by atoms with Crippen LogP contribution in [-0.2, 0) is 6.42 Å². The molecule has 1 unspecified atom stereocenters. The Balaban J connectivity index is 2.08. The molecule has 1 aromatic carbocycles. The summed E-state index contributed by atoms with van der Waals surface area (Å²) >= 11 is 0. The van der Waals surface area contributed by atoms with E-state index in [1.807, 2.05) is 24.3 Å². The monoisotopic (exact) mass is 219 g/mol. The SMILES string of the molecule is CCc1ccc(C(=O)N2CCC(O)C2)cc1. The molecule has 3 heteroatoms. The highest BCUT2D eigenvalue weighted by molar-refractivity contribution is 5.94. The lowest BCUT2D eigenvalue weighted by Crippen LogP contribution is -2.29. The van der Waals surface area contributed by atoms with Crippen molar-refractivity contribution in [3.05, 3.63) is 35.4 Å². The number of amides is 1. The van der Waals surface area contributed by atoms with Crippen LogP contribution in [0.15, 0.2) is 24.3 Å². The summed E-state index contributed by atoms with van der Waals surface area (Å²) in [5.41, 5.74) is 1.95. The maximum Gasteiger partial charge on any atom is 0.253 e. The Kier molecular flexibility index (Phi) is 3.25. The Morgan fingerprint density at radius 1 is 1.44 bits per heavy atom. The summed E-state index contributed by atoms with van der Waals surface area (Å²) in [5.74, 6) is 0.0270. The van der Waals surface area contributed by atoms with Gasteiger partial charge in [0, 0.05) is 18.7 Å². The first-order valence-electron chi connectivity index (χ1n) is 5.77. The minimum absolute atomic E-state index is 0.0270. The van der Waals surface area contributed by atoms with Gasteiger partial charge in [0.2, 0.25) is 0 Å². The second-order valence-corrected chi connectivity index (χ2v) is 4.24. The third-order valence-electron chi connectivity index (χ3n) is 3.06. The van der Waals surface area contributed by atoms with Crippen molar-refractivity contribution in [3.8, 4) is 0 Å². The summed E-state index contributed by atoms with van der Waals surface area (Å²) < 4.78 is 0. The Hall–Kier alpha value is -1.35. The maximum atomic E-state index is 12.0. The first kappa shape index (κ1) is 11.1. The zero-order valence-corrected chi connectivity index (χ0v) is 9.52. The number of nitrogens with zero attached hydrogens (tertiary/aromatic N) is 1. The summed E-state index contributed by atoms with van der Waals surface area (Å²) in [5, 5.41) is 9.38. The lowest BCUT2D eigenvalue weighted by atomic mass is 10.1. The van der Waals surface area contributed by atoms with E-state index < -0.39 is 0 Å². The van der Waals surface area contributed by atoms with E-state index in [-0.39, 0.29) is 12.0 Å². The van der Waals surface area contributed by atoms with E-state index in [0.29, 0.717) is 25.1 Å². The lowest BCUT2D eigenvalue weighted by molar-refractivity contribution is 0.0765. The smallest absolute Gasteiger partial charge is 0.253 e. The van der Waals surface area contributed by atoms with Crippen LogP contribution in [0.2, 0.25) is 0 Å². The Morgan fingerprint density at radius 2 is 2.12 bits per heavy atom. The van der Waals surface area contributed by atoms with Crippen LogP contribution in [-0.4, -0.2) is 35.1 Å². The third kappa shape index (κ3) is 2.25. The molecule has 1 N–H and O–H groups in total. The number of hydrogen-bond acceptors (Lipinski definition) is 2. The highest BCUT2D eigenvalue weighted by atomic mass is 16.3. The Bertz CT molecular complexity index is 372. The average Bonchev–Trinajstić information content (AvgIpc) is 2.75. The first-order valence-corrected chi connectivity index (χ1v) is 5.77. The van der Waals surface area contributed by atoms with Gasteiger partial charge < -0.3 is 10.0 Å². The minimum Gasteiger partial charge on any atom is -0.391 e. The van der Waals surface area contributed by atoms with Gasteiger partial charge in [-0.1, -0.05) is 19.1 Å². The zero-order chi connectivity index (χ0) is 11.5. The molecule has 0 bridgehead atoms. The van der Waals surface area contributed by atoms with Crippen molar-refractivity contribution in [2.75, 3.05) is 13.1 Å². The second kappa shape index (κ2) is 4.66. The largest absolute Gasteiger partial charge is 0.391 e. The molecule has 0 saturated carbocycles. The van der Waals surface area contributed by atoms with Crippen LogP contribution >= 0.6 is 0 Å². The molecule has 3 nitrogen and oxygen atoms in total. The molecule has 0 radical (unpaired) electrons. The van der Waals surface area contributed by atoms with E-state index in [4.69, 9.17) is 0 Å². The summed E-state index contributed by atoms with van der Waals surface area (Å²) in [6, 6.07) is 7.71. The molecule has 86 valence electrons. The number of β-amino-alcohol motifs (C(OH)–C–C–N with tert-alkyl or cyclic N) is 1. The second-order valence-electron chi connectivity index (χ2n) is 4.24. The van der Waals surface area contributed by atoms with Gasteiger partial charge in [0.1, 0.15) is 0 Å². The van der Waals surface area contributed by atoms with Crippen molar-refractivity contribution in [2.45, 2.75) is 25.9 Å². The number of carbonyl (C=O) groups excluding carboxylic acids is 1. The molecule has 1 aromatic rings. The van der Waals surface area contributed by atoms with E-state index in [0.717, 1.165) is 6.42 Å².